The van der Waals surface area contributed by atoms with E-state index in [9.17, 15) is 14.9 Å². The van der Waals surface area contributed by atoms with Gasteiger partial charge in [-0.2, -0.15) is 0 Å². The molecule has 0 spiro atoms. The molecule has 2 aromatic carbocycles. The summed E-state index contributed by atoms with van der Waals surface area (Å²) < 4.78 is 0. The van der Waals surface area contributed by atoms with Crippen LogP contribution in [0.25, 0.3) is 0 Å². The topological polar surface area (TPSA) is 72.2 Å². The number of nitrogens with zero attached hydrogens (tertiary/aromatic N) is 1. The van der Waals surface area contributed by atoms with E-state index in [1.165, 1.54) is 12.1 Å². The first-order valence-corrected chi connectivity index (χ1v) is 8.14. The van der Waals surface area contributed by atoms with Crippen LogP contribution in [0.1, 0.15) is 40.9 Å². The van der Waals surface area contributed by atoms with Crippen LogP contribution >= 0.6 is 11.6 Å². The van der Waals surface area contributed by atoms with E-state index in [0.717, 1.165) is 17.5 Å². The highest BCUT2D eigenvalue weighted by Gasteiger charge is 2.20. The Labute approximate surface area is 145 Å². The van der Waals surface area contributed by atoms with Crippen LogP contribution in [0.2, 0.25) is 5.02 Å². The van der Waals surface area contributed by atoms with Crippen LogP contribution in [0.5, 0.6) is 0 Å². The summed E-state index contributed by atoms with van der Waals surface area (Å²) in [7, 11) is 0. The number of carbonyl (C=O) groups excluding carboxylic acids is 1. The van der Waals surface area contributed by atoms with Crippen molar-refractivity contribution in [3.05, 3.63) is 67.7 Å². The number of nitro benzene ring substituents is 1. The number of amides is 1. The number of nitrogens with one attached hydrogen (secondary N) is 1. The van der Waals surface area contributed by atoms with E-state index in [2.05, 4.69) is 5.32 Å². The molecule has 24 heavy (non-hydrogen) atoms. The Balaban J connectivity index is 2.46. The molecule has 0 atom stereocenters. The van der Waals surface area contributed by atoms with Crippen LogP contribution in [0, 0.1) is 17.0 Å². The molecule has 0 aliphatic heterocycles. The van der Waals surface area contributed by atoms with Crippen molar-refractivity contribution in [2.45, 2.75) is 33.6 Å². The van der Waals surface area contributed by atoms with Crippen LogP contribution in [0.3, 0.4) is 0 Å². The maximum Gasteiger partial charge on any atom is 0.273 e. The molecule has 2 rings (SSSR count). The first-order valence-electron chi connectivity index (χ1n) is 7.76. The molecule has 126 valence electrons. The van der Waals surface area contributed by atoms with Gasteiger partial charge in [0.2, 0.25) is 0 Å². The largest absolute Gasteiger partial charge is 0.321 e. The van der Waals surface area contributed by atoms with Crippen molar-refractivity contribution in [3.63, 3.8) is 0 Å². The van der Waals surface area contributed by atoms with Gasteiger partial charge in [0.05, 0.1) is 4.92 Å². The van der Waals surface area contributed by atoms with E-state index in [1.54, 1.807) is 13.0 Å². The predicted octanol–water partition coefficient (Wildman–Crippen LogP) is 4.93. The molecule has 1 N–H and O–H groups in total. The van der Waals surface area contributed by atoms with Crippen molar-refractivity contribution < 1.29 is 9.72 Å². The van der Waals surface area contributed by atoms with E-state index in [-0.39, 0.29) is 17.2 Å². The van der Waals surface area contributed by atoms with E-state index >= 15 is 0 Å². The van der Waals surface area contributed by atoms with Gasteiger partial charge in [-0.1, -0.05) is 37.6 Å². The molecule has 0 unspecified atom stereocenters. The molecule has 5 nitrogen and oxygen atoms in total. The van der Waals surface area contributed by atoms with Crippen molar-refractivity contribution in [2.24, 2.45) is 0 Å². The number of nitro groups is 1. The molecule has 6 heteroatoms. The lowest BCUT2D eigenvalue weighted by Gasteiger charge is -2.16. The lowest BCUT2D eigenvalue weighted by atomic mass is 10.0. The first-order chi connectivity index (χ1) is 11.4. The van der Waals surface area contributed by atoms with Gasteiger partial charge < -0.3 is 5.32 Å². The first kappa shape index (κ1) is 17.9. The van der Waals surface area contributed by atoms with Crippen molar-refractivity contribution in [3.8, 4) is 0 Å². The fourth-order valence-corrected chi connectivity index (χ4v) is 3.01. The molecule has 1 amide bonds. The molecule has 0 saturated heterocycles. The fourth-order valence-electron chi connectivity index (χ4n) is 2.72. The molecular weight excluding hydrogens is 328 g/mol. The number of benzene rings is 2. The van der Waals surface area contributed by atoms with Crippen molar-refractivity contribution in [1.82, 2.24) is 0 Å². The van der Waals surface area contributed by atoms with Gasteiger partial charge in [0.25, 0.3) is 11.6 Å². The lowest BCUT2D eigenvalue weighted by Crippen LogP contribution is -2.16. The molecule has 0 aliphatic rings. The van der Waals surface area contributed by atoms with Crippen LogP contribution < -0.4 is 5.32 Å². The molecule has 0 radical (unpaired) electrons. The minimum absolute atomic E-state index is 0.0693. The third-order valence-corrected chi connectivity index (χ3v) is 4.42. The Morgan fingerprint density at radius 1 is 1.21 bits per heavy atom. The molecular formula is C18H19ClN2O3. The third-order valence-electron chi connectivity index (χ3n) is 4.06. The average Bonchev–Trinajstić information content (AvgIpc) is 2.55. The van der Waals surface area contributed by atoms with Crippen LogP contribution in [-0.4, -0.2) is 10.8 Å². The lowest BCUT2D eigenvalue weighted by molar-refractivity contribution is -0.385. The van der Waals surface area contributed by atoms with Crippen molar-refractivity contribution in [2.75, 3.05) is 5.32 Å². The maximum atomic E-state index is 12.7. The Bertz CT molecular complexity index is 803. The zero-order valence-electron chi connectivity index (χ0n) is 13.9. The number of rotatable bonds is 5. The Hall–Kier alpha value is -2.40. The molecule has 0 bridgehead atoms. The SMILES string of the molecule is CCc1ccc(Cl)c(CC)c1NC(=O)c1cccc([N+](=O)[O-])c1C. The predicted molar refractivity (Wildman–Crippen MR) is 96.0 cm³/mol. The summed E-state index contributed by atoms with van der Waals surface area (Å²) in [6, 6.07) is 8.20. The second-order valence-corrected chi connectivity index (χ2v) is 5.84. The van der Waals surface area contributed by atoms with Crippen molar-refractivity contribution >= 4 is 28.9 Å². The fraction of sp³-hybridized carbons (Fsp3) is 0.278. The van der Waals surface area contributed by atoms with Crippen LogP contribution in [0.15, 0.2) is 30.3 Å². The van der Waals surface area contributed by atoms with Gasteiger partial charge in [-0.3, -0.25) is 14.9 Å². The van der Waals surface area contributed by atoms with Gasteiger partial charge in [0.1, 0.15) is 0 Å². The second-order valence-electron chi connectivity index (χ2n) is 5.43. The number of anilines is 1. The van der Waals surface area contributed by atoms with Gasteiger partial charge in [-0.25, -0.2) is 0 Å². The summed E-state index contributed by atoms with van der Waals surface area (Å²) in [6.07, 6.45) is 1.42. The summed E-state index contributed by atoms with van der Waals surface area (Å²) in [5, 5.41) is 14.6. The smallest absolute Gasteiger partial charge is 0.273 e. The summed E-state index contributed by atoms with van der Waals surface area (Å²) in [4.78, 5) is 23.3. The van der Waals surface area contributed by atoms with Gasteiger partial charge in [-0.15, -0.1) is 0 Å². The van der Waals surface area contributed by atoms with Gasteiger partial charge in [0, 0.05) is 27.9 Å². The van der Waals surface area contributed by atoms with Crippen LogP contribution in [0.4, 0.5) is 11.4 Å². The Morgan fingerprint density at radius 2 is 1.92 bits per heavy atom. The Kier molecular flexibility index (Phi) is 5.57. The molecule has 0 aliphatic carbocycles. The summed E-state index contributed by atoms with van der Waals surface area (Å²) in [5.41, 5.74) is 3.11. The van der Waals surface area contributed by atoms with Crippen LogP contribution in [-0.2, 0) is 12.8 Å². The molecule has 2 aromatic rings. The highest BCUT2D eigenvalue weighted by atomic mass is 35.5. The third kappa shape index (κ3) is 3.41. The van der Waals surface area contributed by atoms with Gasteiger partial charge in [-0.05, 0) is 43.0 Å². The number of hydrogen-bond acceptors (Lipinski definition) is 3. The van der Waals surface area contributed by atoms with Gasteiger partial charge >= 0.3 is 0 Å². The normalized spacial score (nSPS) is 10.5. The molecule has 0 fully saturated rings. The number of aryl methyl sites for hydroxylation is 1. The van der Waals surface area contributed by atoms with E-state index in [4.69, 9.17) is 11.6 Å². The summed E-state index contributed by atoms with van der Waals surface area (Å²) in [6.45, 7) is 5.54. The Morgan fingerprint density at radius 3 is 2.50 bits per heavy atom. The molecule has 0 saturated carbocycles. The molecule has 0 heterocycles. The minimum Gasteiger partial charge on any atom is -0.321 e. The van der Waals surface area contributed by atoms with Gasteiger partial charge in [0.15, 0.2) is 0 Å². The minimum atomic E-state index is -0.486. The quantitative estimate of drug-likeness (QED) is 0.616. The zero-order valence-corrected chi connectivity index (χ0v) is 14.6. The second kappa shape index (κ2) is 7.45. The highest BCUT2D eigenvalue weighted by molar-refractivity contribution is 6.32. The number of carbonyl (C=O) groups is 1. The zero-order chi connectivity index (χ0) is 17.9. The molecule has 0 aromatic heterocycles. The highest BCUT2D eigenvalue weighted by Crippen LogP contribution is 2.30. The number of hydrogen-bond donors (Lipinski definition) is 1. The number of halogens is 1. The standard InChI is InChI=1S/C18H19ClN2O3/c1-4-12-9-10-15(19)13(5-2)17(12)20-18(22)14-7-6-8-16(11(14)3)21(23)24/h6-10H,4-5H2,1-3H3,(H,20,22). The summed E-state index contributed by atoms with van der Waals surface area (Å²) >= 11 is 6.25. The van der Waals surface area contributed by atoms with Crippen molar-refractivity contribution in [1.29, 1.82) is 0 Å². The van der Waals surface area contributed by atoms with E-state index in [1.807, 2.05) is 26.0 Å². The monoisotopic (exact) mass is 346 g/mol. The average molecular weight is 347 g/mol. The summed E-state index contributed by atoms with van der Waals surface area (Å²) in [5.74, 6) is -0.372. The van der Waals surface area contributed by atoms with E-state index < -0.39 is 4.92 Å². The maximum absolute atomic E-state index is 12.7. The van der Waals surface area contributed by atoms with E-state index in [0.29, 0.717) is 22.7 Å².